The van der Waals surface area contributed by atoms with Crippen molar-refractivity contribution in [1.29, 1.82) is 0 Å². The minimum Gasteiger partial charge on any atom is -0.482 e. The first kappa shape index (κ1) is 22.0. The van der Waals surface area contributed by atoms with Crippen LogP contribution in [0.25, 0.3) is 16.9 Å². The fourth-order valence-corrected chi connectivity index (χ4v) is 5.05. The normalized spacial score (nSPS) is 13.5. The number of carbonyl (C=O) groups is 1. The SMILES string of the molecule is CCCn1c(-c2ccc3c(c2)NC(=O)CO3)csc1=Nc1c(C)n(C)n(-c2ccccc2)c1=O. The van der Waals surface area contributed by atoms with Crippen LogP contribution in [0.2, 0.25) is 0 Å². The molecule has 2 aromatic carbocycles. The van der Waals surface area contributed by atoms with E-state index in [4.69, 9.17) is 9.73 Å². The zero-order valence-electron chi connectivity index (χ0n) is 19.2. The van der Waals surface area contributed by atoms with Crippen molar-refractivity contribution < 1.29 is 9.53 Å². The predicted octanol–water partition coefficient (Wildman–Crippen LogP) is 3.99. The molecule has 8 nitrogen and oxygen atoms in total. The first-order valence-electron chi connectivity index (χ1n) is 11.1. The fraction of sp³-hybridized carbons (Fsp3) is 0.240. The third kappa shape index (κ3) is 3.77. The molecule has 1 N–H and O–H groups in total. The Bertz CT molecular complexity index is 1510. The van der Waals surface area contributed by atoms with Gasteiger partial charge in [-0.2, -0.15) is 0 Å². The molecular formula is C25H25N5O3S. The molecule has 174 valence electrons. The number of thiazole rings is 1. The number of para-hydroxylation sites is 1. The molecular weight excluding hydrogens is 450 g/mol. The van der Waals surface area contributed by atoms with Gasteiger partial charge in [-0.15, -0.1) is 11.3 Å². The van der Waals surface area contributed by atoms with Crippen molar-refractivity contribution in [2.45, 2.75) is 26.8 Å². The topological polar surface area (TPSA) is 82.6 Å². The number of aromatic nitrogens is 3. The highest BCUT2D eigenvalue weighted by Crippen LogP contribution is 2.33. The van der Waals surface area contributed by atoms with E-state index in [1.807, 2.05) is 72.6 Å². The van der Waals surface area contributed by atoms with E-state index in [0.717, 1.165) is 40.4 Å². The second-order valence-corrected chi connectivity index (χ2v) is 8.96. The molecule has 34 heavy (non-hydrogen) atoms. The van der Waals surface area contributed by atoms with Gasteiger partial charge in [-0.3, -0.25) is 14.3 Å². The monoisotopic (exact) mass is 475 g/mol. The van der Waals surface area contributed by atoms with Crippen LogP contribution in [0.15, 0.2) is 63.7 Å². The molecule has 0 atom stereocenters. The van der Waals surface area contributed by atoms with Gasteiger partial charge in [-0.1, -0.05) is 25.1 Å². The van der Waals surface area contributed by atoms with E-state index in [1.54, 1.807) is 4.68 Å². The van der Waals surface area contributed by atoms with Gasteiger partial charge in [-0.25, -0.2) is 9.67 Å². The number of nitrogens with one attached hydrogen (secondary N) is 1. The molecule has 0 unspecified atom stereocenters. The lowest BCUT2D eigenvalue weighted by atomic mass is 10.1. The molecule has 9 heteroatoms. The molecule has 3 heterocycles. The maximum absolute atomic E-state index is 13.3. The quantitative estimate of drug-likeness (QED) is 0.474. The van der Waals surface area contributed by atoms with E-state index < -0.39 is 0 Å². The highest BCUT2D eigenvalue weighted by atomic mass is 32.1. The lowest BCUT2D eigenvalue weighted by Gasteiger charge is -2.18. The Hall–Kier alpha value is -3.85. The zero-order chi connectivity index (χ0) is 23.8. The van der Waals surface area contributed by atoms with Crippen molar-refractivity contribution >= 4 is 28.6 Å². The number of fused-ring (bicyclic) bond motifs is 1. The number of ether oxygens (including phenoxy) is 1. The molecule has 5 rings (SSSR count). The van der Waals surface area contributed by atoms with Gasteiger partial charge >= 0.3 is 0 Å². The molecule has 0 bridgehead atoms. The molecule has 1 aliphatic heterocycles. The van der Waals surface area contributed by atoms with Crippen LogP contribution in [0.3, 0.4) is 0 Å². The minimum absolute atomic E-state index is 0.0284. The van der Waals surface area contributed by atoms with Gasteiger partial charge < -0.3 is 14.6 Å². The summed E-state index contributed by atoms with van der Waals surface area (Å²) < 4.78 is 11.1. The van der Waals surface area contributed by atoms with E-state index in [-0.39, 0.29) is 18.1 Å². The molecule has 2 aromatic heterocycles. The fourth-order valence-electron chi connectivity index (χ4n) is 4.11. The molecule has 1 aliphatic rings. The first-order chi connectivity index (χ1) is 16.5. The van der Waals surface area contributed by atoms with E-state index in [0.29, 0.717) is 17.1 Å². The van der Waals surface area contributed by atoms with Gasteiger partial charge in [0.05, 0.1) is 22.8 Å². The first-order valence-corrected chi connectivity index (χ1v) is 12.0. The molecule has 4 aromatic rings. The van der Waals surface area contributed by atoms with Crippen molar-refractivity contribution in [2.75, 3.05) is 11.9 Å². The Morgan fingerprint density at radius 3 is 2.71 bits per heavy atom. The van der Waals surface area contributed by atoms with E-state index in [9.17, 15) is 9.59 Å². The summed E-state index contributed by atoms with van der Waals surface area (Å²) in [5.74, 6) is 0.494. The summed E-state index contributed by atoms with van der Waals surface area (Å²) in [6.07, 6.45) is 0.906. The average Bonchev–Trinajstić information content (AvgIpc) is 3.33. The van der Waals surface area contributed by atoms with Crippen molar-refractivity contribution in [3.05, 3.63) is 74.8 Å². The summed E-state index contributed by atoms with van der Waals surface area (Å²) in [6, 6.07) is 15.3. The zero-order valence-corrected chi connectivity index (χ0v) is 20.1. The number of hydrogen-bond donors (Lipinski definition) is 1. The van der Waals surface area contributed by atoms with Gasteiger partial charge in [0.25, 0.3) is 11.5 Å². The second kappa shape index (κ2) is 8.83. The summed E-state index contributed by atoms with van der Waals surface area (Å²) in [5, 5.41) is 4.90. The predicted molar refractivity (Wildman–Crippen MR) is 133 cm³/mol. The number of carbonyl (C=O) groups excluding carboxylic acids is 1. The van der Waals surface area contributed by atoms with Crippen molar-refractivity contribution in [3.8, 4) is 22.7 Å². The Kier molecular flexibility index (Phi) is 5.70. The highest BCUT2D eigenvalue weighted by Gasteiger charge is 2.19. The second-order valence-electron chi connectivity index (χ2n) is 8.12. The van der Waals surface area contributed by atoms with Gasteiger partial charge in [0.15, 0.2) is 17.1 Å². The summed E-state index contributed by atoms with van der Waals surface area (Å²) in [4.78, 5) is 30.7. The van der Waals surface area contributed by atoms with Gasteiger partial charge in [0.2, 0.25) is 0 Å². The largest absolute Gasteiger partial charge is 0.482 e. The van der Waals surface area contributed by atoms with E-state index in [2.05, 4.69) is 16.8 Å². The van der Waals surface area contributed by atoms with Crippen LogP contribution < -0.4 is 20.4 Å². The number of nitrogens with zero attached hydrogens (tertiary/aromatic N) is 4. The Morgan fingerprint density at radius 2 is 1.94 bits per heavy atom. The Balaban J connectivity index is 1.63. The number of hydrogen-bond acceptors (Lipinski definition) is 5. The van der Waals surface area contributed by atoms with Crippen LogP contribution in [0.1, 0.15) is 19.0 Å². The number of rotatable bonds is 5. The summed E-state index contributed by atoms with van der Waals surface area (Å²) >= 11 is 1.49. The van der Waals surface area contributed by atoms with Crippen LogP contribution in [0.5, 0.6) is 5.75 Å². The lowest BCUT2D eigenvalue weighted by molar-refractivity contribution is -0.118. The van der Waals surface area contributed by atoms with Gasteiger partial charge in [0, 0.05) is 24.5 Å². The molecule has 1 amide bonds. The van der Waals surface area contributed by atoms with Crippen molar-refractivity contribution in [3.63, 3.8) is 0 Å². The summed E-state index contributed by atoms with van der Waals surface area (Å²) in [5.41, 5.74) is 4.44. The number of benzene rings is 2. The Morgan fingerprint density at radius 1 is 1.15 bits per heavy atom. The van der Waals surface area contributed by atoms with Gasteiger partial charge in [0.1, 0.15) is 5.75 Å². The van der Waals surface area contributed by atoms with E-state index in [1.165, 1.54) is 11.3 Å². The van der Waals surface area contributed by atoms with Gasteiger partial charge in [-0.05, 0) is 43.7 Å². The molecule has 0 aliphatic carbocycles. The van der Waals surface area contributed by atoms with Crippen LogP contribution in [0, 0.1) is 6.92 Å². The van der Waals surface area contributed by atoms with Crippen molar-refractivity contribution in [1.82, 2.24) is 13.9 Å². The number of anilines is 1. The average molecular weight is 476 g/mol. The van der Waals surface area contributed by atoms with Crippen LogP contribution in [-0.4, -0.2) is 26.4 Å². The molecule has 0 spiro atoms. The third-order valence-corrected chi connectivity index (χ3v) is 6.75. The maximum atomic E-state index is 13.3. The van der Waals surface area contributed by atoms with Crippen LogP contribution in [-0.2, 0) is 18.4 Å². The van der Waals surface area contributed by atoms with Crippen LogP contribution in [0.4, 0.5) is 11.4 Å². The molecule has 0 fully saturated rings. The van der Waals surface area contributed by atoms with E-state index >= 15 is 0 Å². The number of amides is 1. The van der Waals surface area contributed by atoms with Crippen molar-refractivity contribution in [2.24, 2.45) is 12.0 Å². The summed E-state index contributed by atoms with van der Waals surface area (Å²) in [7, 11) is 1.87. The smallest absolute Gasteiger partial charge is 0.297 e. The highest BCUT2D eigenvalue weighted by molar-refractivity contribution is 7.07. The minimum atomic E-state index is -0.165. The maximum Gasteiger partial charge on any atom is 0.297 e. The molecule has 0 radical (unpaired) electrons. The Labute approximate surface area is 200 Å². The third-order valence-electron chi connectivity index (χ3n) is 5.88. The standard InChI is InChI=1S/C25H25N5O3S/c1-4-12-29-20(17-10-11-21-19(13-17)26-22(31)14-33-21)15-34-25(29)27-23-16(2)28(3)30(24(23)32)18-8-6-5-7-9-18/h5-11,13,15H,4,12,14H2,1-3H3,(H,26,31). The van der Waals surface area contributed by atoms with Crippen LogP contribution >= 0.6 is 11.3 Å². The lowest BCUT2D eigenvalue weighted by Crippen LogP contribution is -2.25. The molecule has 0 saturated carbocycles. The molecule has 0 saturated heterocycles. The summed E-state index contributed by atoms with van der Waals surface area (Å²) in [6.45, 7) is 4.79.